The van der Waals surface area contributed by atoms with E-state index in [1.165, 1.54) is 17.5 Å². The zero-order chi connectivity index (χ0) is 15.2. The van der Waals surface area contributed by atoms with Crippen LogP contribution in [-0.4, -0.2) is 51.1 Å². The molecule has 0 atom stereocenters. The Morgan fingerprint density at radius 3 is 2.43 bits per heavy atom. The topological polar surface area (TPSA) is 80.1 Å². The molecule has 2 rings (SSSR count). The second kappa shape index (κ2) is 7.19. The van der Waals surface area contributed by atoms with Gasteiger partial charge < -0.3 is 10.2 Å². The molecule has 7 nitrogen and oxygen atoms in total. The highest BCUT2D eigenvalue weighted by atomic mass is 16.2. The Kier molecular flexibility index (Phi) is 5.30. The third-order valence-electron chi connectivity index (χ3n) is 3.66. The number of hydrogen-bond acceptors (Lipinski definition) is 4. The standard InChI is InChI=1S/C14H23N5O2/c1-11-16-13(18(2)17-11)14(21)15-8-7-12(20)19-9-5-3-4-6-10-19/h3-10H2,1-2H3,(H,15,21). The molecule has 0 spiro atoms. The molecule has 116 valence electrons. The zero-order valence-electron chi connectivity index (χ0n) is 12.8. The normalized spacial score (nSPS) is 15.6. The van der Waals surface area contributed by atoms with E-state index in [9.17, 15) is 9.59 Å². The predicted molar refractivity (Wildman–Crippen MR) is 77.7 cm³/mol. The molecule has 1 N–H and O–H groups in total. The minimum atomic E-state index is -0.290. The van der Waals surface area contributed by atoms with Crippen molar-refractivity contribution in [2.45, 2.75) is 39.0 Å². The first kappa shape index (κ1) is 15.5. The molecule has 7 heteroatoms. The number of hydrogen-bond donors (Lipinski definition) is 1. The maximum Gasteiger partial charge on any atom is 0.288 e. The van der Waals surface area contributed by atoms with Crippen LogP contribution in [0.25, 0.3) is 0 Å². The van der Waals surface area contributed by atoms with Gasteiger partial charge in [-0.05, 0) is 19.8 Å². The van der Waals surface area contributed by atoms with Gasteiger partial charge in [0.25, 0.3) is 5.91 Å². The number of amides is 2. The largest absolute Gasteiger partial charge is 0.349 e. The lowest BCUT2D eigenvalue weighted by Gasteiger charge is -2.20. The van der Waals surface area contributed by atoms with Crippen LogP contribution in [0.2, 0.25) is 0 Å². The molecular weight excluding hydrogens is 270 g/mol. The summed E-state index contributed by atoms with van der Waals surface area (Å²) >= 11 is 0. The highest BCUT2D eigenvalue weighted by molar-refractivity contribution is 5.90. The summed E-state index contributed by atoms with van der Waals surface area (Å²) < 4.78 is 1.45. The van der Waals surface area contributed by atoms with E-state index in [0.717, 1.165) is 25.9 Å². The van der Waals surface area contributed by atoms with E-state index in [2.05, 4.69) is 15.4 Å². The van der Waals surface area contributed by atoms with Crippen molar-refractivity contribution in [1.29, 1.82) is 0 Å². The molecule has 1 fully saturated rings. The molecule has 0 unspecified atom stereocenters. The van der Waals surface area contributed by atoms with Gasteiger partial charge in [-0.1, -0.05) is 12.8 Å². The van der Waals surface area contributed by atoms with Crippen molar-refractivity contribution >= 4 is 11.8 Å². The lowest BCUT2D eigenvalue weighted by Crippen LogP contribution is -2.35. The molecule has 0 aliphatic carbocycles. The van der Waals surface area contributed by atoms with Crippen LogP contribution in [-0.2, 0) is 11.8 Å². The van der Waals surface area contributed by atoms with Gasteiger partial charge in [0.05, 0.1) is 0 Å². The van der Waals surface area contributed by atoms with Crippen LogP contribution in [0.15, 0.2) is 0 Å². The average Bonchev–Trinajstić information content (AvgIpc) is 2.68. The van der Waals surface area contributed by atoms with Crippen molar-refractivity contribution in [2.24, 2.45) is 7.05 Å². The van der Waals surface area contributed by atoms with Gasteiger partial charge in [-0.2, -0.15) is 5.10 Å². The van der Waals surface area contributed by atoms with Crippen molar-refractivity contribution in [3.05, 3.63) is 11.6 Å². The van der Waals surface area contributed by atoms with E-state index < -0.39 is 0 Å². The van der Waals surface area contributed by atoms with E-state index in [-0.39, 0.29) is 17.6 Å². The highest BCUT2D eigenvalue weighted by Gasteiger charge is 2.17. The smallest absolute Gasteiger partial charge is 0.288 e. The third kappa shape index (κ3) is 4.27. The van der Waals surface area contributed by atoms with Crippen LogP contribution in [0, 0.1) is 6.92 Å². The van der Waals surface area contributed by atoms with Crippen molar-refractivity contribution in [1.82, 2.24) is 25.0 Å². The molecule has 2 heterocycles. The number of aromatic nitrogens is 3. The fourth-order valence-corrected chi connectivity index (χ4v) is 2.55. The van der Waals surface area contributed by atoms with Crippen LogP contribution in [0.3, 0.4) is 0 Å². The molecule has 1 aromatic heterocycles. The second-order valence-corrected chi connectivity index (χ2v) is 5.41. The molecule has 2 amide bonds. The number of likely N-dealkylation sites (tertiary alicyclic amines) is 1. The summed E-state index contributed by atoms with van der Waals surface area (Å²) in [5.41, 5.74) is 0. The Hall–Kier alpha value is -1.92. The lowest BCUT2D eigenvalue weighted by molar-refractivity contribution is -0.131. The van der Waals surface area contributed by atoms with Crippen LogP contribution >= 0.6 is 0 Å². The summed E-state index contributed by atoms with van der Waals surface area (Å²) in [6.07, 6.45) is 4.90. The van der Waals surface area contributed by atoms with Crippen molar-refractivity contribution in [3.8, 4) is 0 Å². The number of carbonyl (C=O) groups is 2. The predicted octanol–water partition coefficient (Wildman–Crippen LogP) is 0.646. The van der Waals surface area contributed by atoms with Crippen LogP contribution in [0.5, 0.6) is 0 Å². The summed E-state index contributed by atoms with van der Waals surface area (Å²) in [6.45, 7) is 3.75. The molecule has 1 saturated heterocycles. The number of rotatable bonds is 4. The van der Waals surface area contributed by atoms with E-state index in [0.29, 0.717) is 18.8 Å². The molecule has 0 saturated carbocycles. The Morgan fingerprint density at radius 2 is 1.86 bits per heavy atom. The Bertz CT molecular complexity index is 503. The number of carbonyl (C=O) groups excluding carboxylic acids is 2. The maximum atomic E-state index is 12.1. The van der Waals surface area contributed by atoms with Gasteiger partial charge in [0.2, 0.25) is 11.7 Å². The zero-order valence-corrected chi connectivity index (χ0v) is 12.8. The average molecular weight is 293 g/mol. The van der Waals surface area contributed by atoms with Crippen molar-refractivity contribution in [2.75, 3.05) is 19.6 Å². The van der Waals surface area contributed by atoms with Gasteiger partial charge >= 0.3 is 0 Å². The van der Waals surface area contributed by atoms with E-state index >= 15 is 0 Å². The SMILES string of the molecule is Cc1nc(C(=O)NCCC(=O)N2CCCCCC2)n(C)n1. The van der Waals surface area contributed by atoms with Gasteiger partial charge in [-0.15, -0.1) is 0 Å². The highest BCUT2D eigenvalue weighted by Crippen LogP contribution is 2.10. The van der Waals surface area contributed by atoms with Gasteiger partial charge in [-0.25, -0.2) is 9.67 Å². The summed E-state index contributed by atoms with van der Waals surface area (Å²) in [5.74, 6) is 0.658. The number of nitrogens with zero attached hydrogens (tertiary/aromatic N) is 4. The summed E-state index contributed by atoms with van der Waals surface area (Å²) in [7, 11) is 1.68. The molecule has 0 bridgehead atoms. The summed E-state index contributed by atoms with van der Waals surface area (Å²) in [6, 6.07) is 0. The van der Waals surface area contributed by atoms with Gasteiger partial charge in [0, 0.05) is 33.1 Å². The van der Waals surface area contributed by atoms with Crippen LogP contribution in [0.4, 0.5) is 0 Å². The molecular formula is C14H23N5O2. The maximum absolute atomic E-state index is 12.1. The minimum absolute atomic E-state index is 0.117. The Labute approximate surface area is 124 Å². The van der Waals surface area contributed by atoms with Gasteiger partial charge in [0.1, 0.15) is 5.82 Å². The van der Waals surface area contributed by atoms with Crippen LogP contribution < -0.4 is 5.32 Å². The molecule has 21 heavy (non-hydrogen) atoms. The van der Waals surface area contributed by atoms with Crippen molar-refractivity contribution in [3.63, 3.8) is 0 Å². The van der Waals surface area contributed by atoms with Crippen LogP contribution in [0.1, 0.15) is 48.5 Å². The molecule has 1 aromatic rings. The minimum Gasteiger partial charge on any atom is -0.349 e. The monoisotopic (exact) mass is 293 g/mol. The molecule has 1 aliphatic rings. The molecule has 0 aromatic carbocycles. The fourth-order valence-electron chi connectivity index (χ4n) is 2.55. The number of aryl methyl sites for hydroxylation is 2. The first-order valence-electron chi connectivity index (χ1n) is 7.51. The second-order valence-electron chi connectivity index (χ2n) is 5.41. The van der Waals surface area contributed by atoms with E-state index in [1.807, 2.05) is 4.90 Å². The van der Waals surface area contributed by atoms with E-state index in [1.54, 1.807) is 14.0 Å². The van der Waals surface area contributed by atoms with Gasteiger partial charge in [-0.3, -0.25) is 9.59 Å². The Morgan fingerprint density at radius 1 is 1.19 bits per heavy atom. The first-order chi connectivity index (χ1) is 10.1. The van der Waals surface area contributed by atoms with Crippen molar-refractivity contribution < 1.29 is 9.59 Å². The summed E-state index contributed by atoms with van der Waals surface area (Å²) in [5, 5.41) is 6.76. The molecule has 0 radical (unpaired) electrons. The molecule has 1 aliphatic heterocycles. The number of nitrogens with one attached hydrogen (secondary N) is 1. The van der Waals surface area contributed by atoms with Gasteiger partial charge in [0.15, 0.2) is 0 Å². The quantitative estimate of drug-likeness (QED) is 0.883. The summed E-state index contributed by atoms with van der Waals surface area (Å²) in [4.78, 5) is 30.0. The van der Waals surface area contributed by atoms with E-state index in [4.69, 9.17) is 0 Å². The lowest BCUT2D eigenvalue weighted by atomic mass is 10.2. The third-order valence-corrected chi connectivity index (χ3v) is 3.66. The first-order valence-corrected chi connectivity index (χ1v) is 7.51. The fraction of sp³-hybridized carbons (Fsp3) is 0.714. The Balaban J connectivity index is 1.77.